The summed E-state index contributed by atoms with van der Waals surface area (Å²) in [5, 5.41) is 12.2. The Morgan fingerprint density at radius 3 is 2.17 bits per heavy atom. The van der Waals surface area contributed by atoms with Crippen LogP contribution in [-0.4, -0.2) is 40.9 Å². The minimum absolute atomic E-state index is 0.183. The van der Waals surface area contributed by atoms with Gasteiger partial charge >= 0.3 is 12.1 Å². The van der Waals surface area contributed by atoms with E-state index in [1.807, 2.05) is 13.8 Å². The van der Waals surface area contributed by atoms with Crippen LogP contribution in [0.25, 0.3) is 0 Å². The van der Waals surface area contributed by atoms with Gasteiger partial charge in [0.05, 0.1) is 11.5 Å². The number of amides is 1. The van der Waals surface area contributed by atoms with Crippen molar-refractivity contribution in [1.29, 1.82) is 0 Å². The van der Waals surface area contributed by atoms with E-state index in [4.69, 9.17) is 4.74 Å². The number of alkyl carbamates (subject to hydrolysis) is 1. The monoisotopic (exact) mass is 409 g/mol. The van der Waals surface area contributed by atoms with E-state index in [2.05, 4.69) is 5.32 Å². The molecule has 0 aliphatic heterocycles. The number of carboxylic acids is 1. The molecule has 1 amide bonds. The Labute approximate surface area is 173 Å². The van der Waals surface area contributed by atoms with Gasteiger partial charge in [0, 0.05) is 19.4 Å². The summed E-state index contributed by atoms with van der Waals surface area (Å²) >= 11 is 0. The number of nitrogens with one attached hydrogen (secondary N) is 1. The first-order valence-electron chi connectivity index (χ1n) is 10.2. The second-order valence-electron chi connectivity index (χ2n) is 9.68. The summed E-state index contributed by atoms with van der Waals surface area (Å²) in [7, 11) is 0. The number of hydrogen-bond acceptors (Lipinski definition) is 5. The molecule has 1 rings (SSSR count). The number of ether oxygens (including phenoxy) is 1. The standard InChI is InChI=1S/C22H35NO6/c1-14(18-16(24)12-22(5,6)13-17(18)25)11-15(19(26)27)9-7-8-10-23-20(28)29-21(2,3)4/h15H,7-13H2,1-6H3,(H,23,28)(H,26,27)/t15-/m1/s1. The van der Waals surface area contributed by atoms with Gasteiger partial charge in [-0.1, -0.05) is 25.8 Å². The third-order valence-corrected chi connectivity index (χ3v) is 4.81. The van der Waals surface area contributed by atoms with Crippen LogP contribution in [0.2, 0.25) is 0 Å². The Kier molecular flexibility index (Phi) is 8.60. The third-order valence-electron chi connectivity index (χ3n) is 4.81. The van der Waals surface area contributed by atoms with Crippen LogP contribution in [-0.2, 0) is 19.1 Å². The molecular weight excluding hydrogens is 374 g/mol. The first-order chi connectivity index (χ1) is 13.2. The molecule has 0 spiro atoms. The molecule has 164 valence electrons. The van der Waals surface area contributed by atoms with E-state index in [1.54, 1.807) is 27.7 Å². The van der Waals surface area contributed by atoms with Gasteiger partial charge in [-0.25, -0.2) is 4.79 Å². The molecule has 1 aliphatic carbocycles. The third kappa shape index (κ3) is 8.79. The van der Waals surface area contributed by atoms with Crippen LogP contribution >= 0.6 is 0 Å². The number of ketones is 2. The van der Waals surface area contributed by atoms with Crippen molar-refractivity contribution in [1.82, 2.24) is 5.32 Å². The van der Waals surface area contributed by atoms with Gasteiger partial charge in [0.25, 0.3) is 0 Å². The topological polar surface area (TPSA) is 110 Å². The number of carbonyl (C=O) groups excluding carboxylic acids is 3. The molecule has 1 atom stereocenters. The molecule has 0 radical (unpaired) electrons. The minimum Gasteiger partial charge on any atom is -0.481 e. The first-order valence-corrected chi connectivity index (χ1v) is 10.2. The maximum Gasteiger partial charge on any atom is 0.407 e. The SMILES string of the molecule is CC(C[C@@H](CCCCNC(=O)OC(C)(C)C)C(=O)O)=C1C(=O)CC(C)(C)CC1=O. The van der Waals surface area contributed by atoms with Gasteiger partial charge in [-0.3, -0.25) is 14.4 Å². The molecule has 2 N–H and O–H groups in total. The number of rotatable bonds is 8. The number of unbranched alkanes of at least 4 members (excludes halogenated alkanes) is 1. The Balaban J connectivity index is 2.57. The predicted octanol–water partition coefficient (Wildman–Crippen LogP) is 4.05. The molecule has 1 aliphatic rings. The number of allylic oxidation sites excluding steroid dienone is 2. The van der Waals surface area contributed by atoms with Crippen LogP contribution < -0.4 is 5.32 Å². The highest BCUT2D eigenvalue weighted by Gasteiger charge is 2.37. The number of aliphatic carboxylic acids is 1. The van der Waals surface area contributed by atoms with E-state index >= 15 is 0 Å². The second kappa shape index (κ2) is 10.0. The molecule has 29 heavy (non-hydrogen) atoms. The molecule has 0 bridgehead atoms. The summed E-state index contributed by atoms with van der Waals surface area (Å²) in [6, 6.07) is 0. The highest BCUT2D eigenvalue weighted by atomic mass is 16.6. The second-order valence-corrected chi connectivity index (χ2v) is 9.68. The number of carbonyl (C=O) groups is 4. The first kappa shape index (κ1) is 24.9. The molecule has 0 heterocycles. The maximum atomic E-state index is 12.4. The average molecular weight is 410 g/mol. The van der Waals surface area contributed by atoms with Gasteiger partial charge < -0.3 is 15.2 Å². The van der Waals surface area contributed by atoms with Crippen molar-refractivity contribution in [2.24, 2.45) is 11.3 Å². The zero-order valence-corrected chi connectivity index (χ0v) is 18.5. The molecule has 0 aromatic carbocycles. The van der Waals surface area contributed by atoms with Gasteiger partial charge in [-0.2, -0.15) is 0 Å². The Morgan fingerprint density at radius 2 is 1.69 bits per heavy atom. The van der Waals surface area contributed by atoms with Crippen molar-refractivity contribution < 1.29 is 29.0 Å². The zero-order chi connectivity index (χ0) is 22.4. The average Bonchev–Trinajstić information content (AvgIpc) is 2.49. The minimum atomic E-state index is -0.943. The Bertz CT molecular complexity index is 662. The highest BCUT2D eigenvalue weighted by Crippen LogP contribution is 2.35. The van der Waals surface area contributed by atoms with E-state index in [1.165, 1.54) is 0 Å². The summed E-state index contributed by atoms with van der Waals surface area (Å²) in [5.74, 6) is -1.98. The summed E-state index contributed by atoms with van der Waals surface area (Å²) in [5.41, 5.74) is -0.144. The van der Waals surface area contributed by atoms with Crippen molar-refractivity contribution in [2.45, 2.75) is 85.7 Å². The fourth-order valence-corrected chi connectivity index (χ4v) is 3.54. The van der Waals surface area contributed by atoms with Crippen LogP contribution in [0.1, 0.15) is 80.1 Å². The molecule has 0 aromatic rings. The molecule has 1 fully saturated rings. The molecular formula is C22H35NO6. The van der Waals surface area contributed by atoms with Gasteiger partial charge in [0.1, 0.15) is 5.60 Å². The van der Waals surface area contributed by atoms with Crippen molar-refractivity contribution >= 4 is 23.6 Å². The Hall–Kier alpha value is -2.18. The van der Waals surface area contributed by atoms with Crippen LogP contribution in [0, 0.1) is 11.3 Å². The van der Waals surface area contributed by atoms with Crippen LogP contribution in [0.15, 0.2) is 11.1 Å². The normalized spacial score (nSPS) is 17.7. The smallest absolute Gasteiger partial charge is 0.407 e. The van der Waals surface area contributed by atoms with E-state index < -0.39 is 23.6 Å². The van der Waals surface area contributed by atoms with Crippen molar-refractivity contribution in [3.63, 3.8) is 0 Å². The summed E-state index contributed by atoms with van der Waals surface area (Å²) in [4.78, 5) is 48.0. The van der Waals surface area contributed by atoms with Crippen molar-refractivity contribution in [3.8, 4) is 0 Å². The summed E-state index contributed by atoms with van der Waals surface area (Å²) in [6.45, 7) is 11.2. The molecule has 0 unspecified atom stereocenters. The zero-order valence-electron chi connectivity index (χ0n) is 18.5. The lowest BCUT2D eigenvalue weighted by Crippen LogP contribution is -2.33. The van der Waals surface area contributed by atoms with E-state index in [9.17, 15) is 24.3 Å². The van der Waals surface area contributed by atoms with Crippen LogP contribution in [0.5, 0.6) is 0 Å². The number of hydrogen-bond donors (Lipinski definition) is 2. The number of Topliss-reactive ketones (excluding diaryl/α,β-unsaturated/α-hetero) is 2. The molecule has 0 saturated heterocycles. The van der Waals surface area contributed by atoms with Gasteiger partial charge in [-0.05, 0) is 52.4 Å². The predicted molar refractivity (Wildman–Crippen MR) is 110 cm³/mol. The summed E-state index contributed by atoms with van der Waals surface area (Å²) in [6.07, 6.45) is 1.92. The molecule has 1 saturated carbocycles. The number of carboxylic acid groups (broad SMARTS) is 1. The van der Waals surface area contributed by atoms with Crippen LogP contribution in [0.3, 0.4) is 0 Å². The van der Waals surface area contributed by atoms with E-state index in [0.29, 0.717) is 44.2 Å². The van der Waals surface area contributed by atoms with Gasteiger partial charge in [-0.15, -0.1) is 0 Å². The fraction of sp³-hybridized carbons (Fsp3) is 0.727. The molecule has 0 aromatic heterocycles. The fourth-order valence-electron chi connectivity index (χ4n) is 3.54. The lowest BCUT2D eigenvalue weighted by Gasteiger charge is -2.29. The maximum absolute atomic E-state index is 12.4. The largest absolute Gasteiger partial charge is 0.481 e. The quantitative estimate of drug-likeness (QED) is 0.356. The van der Waals surface area contributed by atoms with Crippen molar-refractivity contribution in [2.75, 3.05) is 6.54 Å². The lowest BCUT2D eigenvalue weighted by molar-refractivity contribution is -0.142. The molecule has 7 nitrogen and oxygen atoms in total. The Morgan fingerprint density at radius 1 is 1.14 bits per heavy atom. The van der Waals surface area contributed by atoms with Gasteiger partial charge in [0.2, 0.25) is 0 Å². The summed E-state index contributed by atoms with van der Waals surface area (Å²) < 4.78 is 5.14. The van der Waals surface area contributed by atoms with Crippen LogP contribution in [0.4, 0.5) is 4.79 Å². The lowest BCUT2D eigenvalue weighted by atomic mass is 9.72. The van der Waals surface area contributed by atoms with E-state index in [-0.39, 0.29) is 29.0 Å². The molecule has 7 heteroatoms. The van der Waals surface area contributed by atoms with Gasteiger partial charge in [0.15, 0.2) is 11.6 Å². The van der Waals surface area contributed by atoms with Crippen molar-refractivity contribution in [3.05, 3.63) is 11.1 Å². The van der Waals surface area contributed by atoms with E-state index in [0.717, 1.165) is 0 Å². The highest BCUT2D eigenvalue weighted by molar-refractivity contribution is 6.22.